The number of hydrogen-bond donors (Lipinski definition) is 7. The fourth-order valence-corrected chi connectivity index (χ4v) is 3.93. The van der Waals surface area contributed by atoms with Gasteiger partial charge in [-0.2, -0.15) is 0 Å². The zero-order valence-corrected chi connectivity index (χ0v) is 17.8. The lowest BCUT2D eigenvalue weighted by molar-refractivity contribution is -0.311. The number of phenolic OH excluding ortho intramolecular Hbond substituents is 3. The number of carbonyl (C=O) groups excluding carboxylic acids is 1. The SMILES string of the molecule is COc1cc(O)c2c(c1)O[C@H](c1ccc(O)c(O)c1)[C@@H](O[C@@H]1O[C@H](CO)[C@@H](O)[C@H](O)[C@H]1O)C2=O. The van der Waals surface area contributed by atoms with E-state index in [1.165, 1.54) is 31.4 Å². The Morgan fingerprint density at radius 1 is 0.941 bits per heavy atom. The molecule has 0 aromatic heterocycles. The third kappa shape index (κ3) is 4.11. The monoisotopic (exact) mass is 480 g/mol. The summed E-state index contributed by atoms with van der Waals surface area (Å²) in [6, 6.07) is 6.23. The molecular weight excluding hydrogens is 456 g/mol. The van der Waals surface area contributed by atoms with E-state index in [2.05, 4.69) is 0 Å². The Balaban J connectivity index is 1.75. The maximum Gasteiger partial charge on any atom is 0.203 e. The minimum atomic E-state index is -1.80. The number of Topliss-reactive ketones (excluding diaryl/α,β-unsaturated/α-hetero) is 1. The number of aliphatic hydroxyl groups excluding tert-OH is 4. The van der Waals surface area contributed by atoms with Crippen molar-refractivity contribution in [3.63, 3.8) is 0 Å². The Labute approximate surface area is 192 Å². The second-order valence-corrected chi connectivity index (χ2v) is 7.92. The second kappa shape index (κ2) is 9.25. The average Bonchev–Trinajstić information content (AvgIpc) is 2.82. The van der Waals surface area contributed by atoms with E-state index in [1.54, 1.807) is 0 Å². The predicted molar refractivity (Wildman–Crippen MR) is 111 cm³/mol. The highest BCUT2D eigenvalue weighted by molar-refractivity contribution is 6.05. The lowest BCUT2D eigenvalue weighted by Gasteiger charge is -2.42. The van der Waals surface area contributed by atoms with Gasteiger partial charge in [-0.3, -0.25) is 4.79 Å². The molecule has 0 aliphatic carbocycles. The molecule has 0 unspecified atom stereocenters. The van der Waals surface area contributed by atoms with Gasteiger partial charge in [0.2, 0.25) is 5.78 Å². The molecule has 0 bridgehead atoms. The third-order valence-electron chi connectivity index (χ3n) is 5.78. The standard InChI is InChI=1S/C22H24O12/c1-31-9-5-12(26)15-13(6-9)32-20(8-2-3-10(24)11(25)4-8)21(17(15)28)34-22-19(30)18(29)16(27)14(7-23)33-22/h2-6,14,16,18-27,29-30H,7H2,1H3/t14-,16-,18+,19-,20-,21+,22+/m1/s1. The van der Waals surface area contributed by atoms with Crippen LogP contribution in [0.1, 0.15) is 22.0 Å². The fourth-order valence-electron chi connectivity index (χ4n) is 3.93. The molecule has 2 aromatic rings. The summed E-state index contributed by atoms with van der Waals surface area (Å²) < 4.78 is 22.1. The molecule has 2 aliphatic heterocycles. The molecule has 4 rings (SSSR count). The van der Waals surface area contributed by atoms with Crippen molar-refractivity contribution in [3.05, 3.63) is 41.5 Å². The van der Waals surface area contributed by atoms with Crippen molar-refractivity contribution in [3.8, 4) is 28.7 Å². The van der Waals surface area contributed by atoms with Crippen LogP contribution in [-0.2, 0) is 9.47 Å². The first-order chi connectivity index (χ1) is 16.2. The Morgan fingerprint density at radius 3 is 2.32 bits per heavy atom. The largest absolute Gasteiger partial charge is 0.507 e. The summed E-state index contributed by atoms with van der Waals surface area (Å²) in [4.78, 5) is 13.4. The first-order valence-corrected chi connectivity index (χ1v) is 10.3. The zero-order chi connectivity index (χ0) is 24.7. The highest BCUT2D eigenvalue weighted by Crippen LogP contribution is 2.44. The number of methoxy groups -OCH3 is 1. The topological polar surface area (TPSA) is 196 Å². The highest BCUT2D eigenvalue weighted by atomic mass is 16.7. The van der Waals surface area contributed by atoms with Crippen LogP contribution >= 0.6 is 0 Å². The van der Waals surface area contributed by atoms with Gasteiger partial charge in [0.15, 0.2) is 30.0 Å². The van der Waals surface area contributed by atoms with Crippen LogP contribution in [0.2, 0.25) is 0 Å². The Hall–Kier alpha value is -3.13. The van der Waals surface area contributed by atoms with Gasteiger partial charge in [0.05, 0.1) is 13.7 Å². The van der Waals surface area contributed by atoms with Gasteiger partial charge < -0.3 is 54.7 Å². The molecule has 0 saturated carbocycles. The minimum Gasteiger partial charge on any atom is -0.507 e. The maximum absolute atomic E-state index is 13.4. The van der Waals surface area contributed by atoms with Crippen molar-refractivity contribution < 1.29 is 59.5 Å². The number of hydrogen-bond acceptors (Lipinski definition) is 12. The molecule has 184 valence electrons. The smallest absolute Gasteiger partial charge is 0.203 e. The van der Waals surface area contributed by atoms with E-state index in [1.807, 2.05) is 0 Å². The Kier molecular flexibility index (Phi) is 6.53. The van der Waals surface area contributed by atoms with Crippen molar-refractivity contribution in [1.82, 2.24) is 0 Å². The highest BCUT2D eigenvalue weighted by Gasteiger charge is 2.49. The van der Waals surface area contributed by atoms with Gasteiger partial charge in [0.25, 0.3) is 0 Å². The number of aromatic hydroxyl groups is 3. The van der Waals surface area contributed by atoms with Crippen molar-refractivity contribution >= 4 is 5.78 Å². The average molecular weight is 480 g/mol. The maximum atomic E-state index is 13.4. The van der Waals surface area contributed by atoms with Crippen LogP contribution in [0.4, 0.5) is 0 Å². The molecule has 0 amide bonds. The van der Waals surface area contributed by atoms with Gasteiger partial charge >= 0.3 is 0 Å². The summed E-state index contributed by atoms with van der Waals surface area (Å²) >= 11 is 0. The van der Waals surface area contributed by atoms with E-state index in [4.69, 9.17) is 18.9 Å². The molecule has 34 heavy (non-hydrogen) atoms. The zero-order valence-electron chi connectivity index (χ0n) is 17.8. The lowest BCUT2D eigenvalue weighted by Crippen LogP contribution is -2.60. The quantitative estimate of drug-likeness (QED) is 0.267. The molecule has 1 saturated heterocycles. The number of carbonyl (C=O) groups is 1. The molecular formula is C22H24O12. The van der Waals surface area contributed by atoms with E-state index < -0.39 is 72.6 Å². The summed E-state index contributed by atoms with van der Waals surface area (Å²) in [5.74, 6) is -2.01. The van der Waals surface area contributed by atoms with E-state index in [0.29, 0.717) is 0 Å². The molecule has 0 radical (unpaired) electrons. The molecule has 7 N–H and O–H groups in total. The molecule has 2 aromatic carbocycles. The molecule has 2 aliphatic rings. The number of aliphatic hydroxyl groups is 4. The summed E-state index contributed by atoms with van der Waals surface area (Å²) in [6.07, 6.45) is -11.0. The van der Waals surface area contributed by atoms with Crippen molar-refractivity contribution in [2.24, 2.45) is 0 Å². The number of benzene rings is 2. The molecule has 1 fully saturated rings. The third-order valence-corrected chi connectivity index (χ3v) is 5.78. The normalized spacial score (nSPS) is 31.0. The summed E-state index contributed by atoms with van der Waals surface area (Å²) in [5, 5.41) is 69.9. The fraction of sp³-hybridized carbons (Fsp3) is 0.409. The van der Waals surface area contributed by atoms with Crippen LogP contribution in [0.3, 0.4) is 0 Å². The minimum absolute atomic E-state index is 0.0481. The number of ether oxygens (including phenoxy) is 4. The van der Waals surface area contributed by atoms with E-state index >= 15 is 0 Å². The molecule has 7 atom stereocenters. The van der Waals surface area contributed by atoms with Crippen LogP contribution in [0.15, 0.2) is 30.3 Å². The van der Waals surface area contributed by atoms with Gasteiger partial charge in [0.1, 0.15) is 47.2 Å². The van der Waals surface area contributed by atoms with Crippen molar-refractivity contribution in [2.75, 3.05) is 13.7 Å². The molecule has 0 spiro atoms. The van der Waals surface area contributed by atoms with E-state index in [9.17, 15) is 40.5 Å². The number of rotatable bonds is 5. The molecule has 12 heteroatoms. The van der Waals surface area contributed by atoms with Gasteiger partial charge in [0, 0.05) is 12.1 Å². The Morgan fingerprint density at radius 2 is 1.68 bits per heavy atom. The van der Waals surface area contributed by atoms with Crippen LogP contribution in [-0.4, -0.2) is 92.1 Å². The summed E-state index contributed by atoms with van der Waals surface area (Å²) in [5.41, 5.74) is -0.0548. The molecule has 12 nitrogen and oxygen atoms in total. The Bertz CT molecular complexity index is 1070. The van der Waals surface area contributed by atoms with Crippen LogP contribution < -0.4 is 9.47 Å². The summed E-state index contributed by atoms with van der Waals surface area (Å²) in [7, 11) is 1.35. The van der Waals surface area contributed by atoms with Gasteiger partial charge in [-0.25, -0.2) is 0 Å². The van der Waals surface area contributed by atoms with Crippen LogP contribution in [0, 0.1) is 0 Å². The number of fused-ring (bicyclic) bond motifs is 1. The van der Waals surface area contributed by atoms with Crippen LogP contribution in [0.5, 0.6) is 28.7 Å². The lowest BCUT2D eigenvalue weighted by atomic mass is 9.92. The van der Waals surface area contributed by atoms with Gasteiger partial charge in [-0.15, -0.1) is 0 Å². The first-order valence-electron chi connectivity index (χ1n) is 10.3. The number of ketones is 1. The van der Waals surface area contributed by atoms with Crippen molar-refractivity contribution in [1.29, 1.82) is 0 Å². The summed E-state index contributed by atoms with van der Waals surface area (Å²) in [6.45, 7) is -0.710. The van der Waals surface area contributed by atoms with Crippen molar-refractivity contribution in [2.45, 2.75) is 42.9 Å². The molecule has 2 heterocycles. The predicted octanol–water partition coefficient (Wildman–Crippen LogP) is -0.687. The van der Waals surface area contributed by atoms with Gasteiger partial charge in [-0.1, -0.05) is 6.07 Å². The number of phenols is 3. The van der Waals surface area contributed by atoms with Gasteiger partial charge in [-0.05, 0) is 17.7 Å². The van der Waals surface area contributed by atoms with Crippen LogP contribution in [0.25, 0.3) is 0 Å². The second-order valence-electron chi connectivity index (χ2n) is 7.92. The first kappa shape index (κ1) is 24.0. The van der Waals surface area contributed by atoms with E-state index in [0.717, 1.165) is 6.07 Å². The van der Waals surface area contributed by atoms with E-state index in [-0.39, 0.29) is 22.6 Å².